The number of aliphatic hydroxyl groups is 2. The predicted molar refractivity (Wildman–Crippen MR) is 128 cm³/mol. The second-order valence-corrected chi connectivity index (χ2v) is 11.0. The summed E-state index contributed by atoms with van der Waals surface area (Å²) in [5.74, 6) is 0.592. The van der Waals surface area contributed by atoms with Crippen molar-refractivity contribution in [3.8, 4) is 5.75 Å². The van der Waals surface area contributed by atoms with Crippen molar-refractivity contribution in [3.05, 3.63) is 59.2 Å². The number of hydrogen-bond acceptors (Lipinski definition) is 8. The number of epoxide rings is 1. The number of fused-ring (bicyclic) bond motifs is 1. The third-order valence-corrected chi connectivity index (χ3v) is 8.43. The van der Waals surface area contributed by atoms with Crippen molar-refractivity contribution in [1.82, 2.24) is 10.6 Å². The van der Waals surface area contributed by atoms with Gasteiger partial charge in [0.1, 0.15) is 11.9 Å². The highest BCUT2D eigenvalue weighted by atomic mass is 32.2. The summed E-state index contributed by atoms with van der Waals surface area (Å²) in [6, 6.07) is 12.4. The van der Waals surface area contributed by atoms with Gasteiger partial charge in [-0.3, -0.25) is 0 Å². The van der Waals surface area contributed by atoms with Crippen LogP contribution in [0.4, 0.5) is 0 Å². The van der Waals surface area contributed by atoms with Crippen LogP contribution < -0.4 is 15.4 Å². The highest BCUT2D eigenvalue weighted by Crippen LogP contribution is 2.37. The first-order chi connectivity index (χ1) is 16.4. The molecule has 2 heterocycles. The monoisotopic (exact) mass is 490 g/mol. The van der Waals surface area contributed by atoms with E-state index >= 15 is 0 Å². The molecule has 0 aliphatic carbocycles. The van der Waals surface area contributed by atoms with Crippen molar-refractivity contribution in [2.75, 3.05) is 19.5 Å². The van der Waals surface area contributed by atoms with Gasteiger partial charge in [0.15, 0.2) is 16.1 Å². The molecule has 0 saturated carbocycles. The third kappa shape index (κ3) is 5.45. The van der Waals surface area contributed by atoms with Crippen LogP contribution >= 0.6 is 0 Å². The second-order valence-electron chi connectivity index (χ2n) is 8.99. The molecule has 0 radical (unpaired) electrons. The molecule has 1 fully saturated rings. The predicted octanol–water partition coefficient (Wildman–Crippen LogP) is 1.89. The molecular formula is C25H34N2O6S. The highest BCUT2D eigenvalue weighted by Gasteiger charge is 2.43. The molecule has 2 aliphatic rings. The lowest BCUT2D eigenvalue weighted by atomic mass is 9.95. The smallest absolute Gasteiger partial charge is 0.183 e. The molecule has 2 aromatic rings. The zero-order chi connectivity index (χ0) is 24.3. The topological polar surface area (TPSA) is 120 Å². The summed E-state index contributed by atoms with van der Waals surface area (Å²) >= 11 is 0. The first-order valence-corrected chi connectivity index (χ1v) is 13.5. The minimum absolute atomic E-state index is 0.0316. The van der Waals surface area contributed by atoms with Gasteiger partial charge in [0.25, 0.3) is 0 Å². The normalized spacial score (nSPS) is 26.4. The fourth-order valence-electron chi connectivity index (χ4n) is 4.64. The Labute approximate surface area is 201 Å². The fraction of sp³-hybridized carbons (Fsp3) is 0.520. The first-order valence-electron chi connectivity index (χ1n) is 11.8. The van der Waals surface area contributed by atoms with E-state index in [-0.39, 0.29) is 31.0 Å². The van der Waals surface area contributed by atoms with Gasteiger partial charge in [0.05, 0.1) is 36.4 Å². The van der Waals surface area contributed by atoms with Crippen LogP contribution in [0.3, 0.4) is 0 Å². The molecule has 0 amide bonds. The van der Waals surface area contributed by atoms with Crippen molar-refractivity contribution >= 4 is 9.84 Å². The number of hydrogen-bond donors (Lipinski definition) is 4. The quantitative estimate of drug-likeness (QED) is 0.373. The maximum atomic E-state index is 13.6. The van der Waals surface area contributed by atoms with Gasteiger partial charge >= 0.3 is 0 Å². The Morgan fingerprint density at radius 2 is 2.00 bits per heavy atom. The molecule has 4 rings (SSSR count). The van der Waals surface area contributed by atoms with E-state index in [0.29, 0.717) is 21.8 Å². The molecule has 0 aromatic heterocycles. The third-order valence-electron chi connectivity index (χ3n) is 6.57. The lowest BCUT2D eigenvalue weighted by molar-refractivity contribution is 0.155. The average molecular weight is 491 g/mol. The number of ether oxygens (including phenoxy) is 2. The SMILES string of the molecule is CCCCC1CS(=O)(=O)c2cc(CNC(CO)C3OC3O)c(OC)cc2C(c2ccccc2)N1. The molecule has 0 bridgehead atoms. The molecule has 186 valence electrons. The fourth-order valence-corrected chi connectivity index (χ4v) is 6.47. The van der Waals surface area contributed by atoms with Gasteiger partial charge in [0, 0.05) is 18.2 Å². The molecule has 1 saturated heterocycles. The van der Waals surface area contributed by atoms with Crippen LogP contribution in [0.15, 0.2) is 47.4 Å². The molecule has 34 heavy (non-hydrogen) atoms. The number of benzene rings is 2. The first kappa shape index (κ1) is 25.1. The summed E-state index contributed by atoms with van der Waals surface area (Å²) in [5, 5.41) is 25.9. The van der Waals surface area contributed by atoms with E-state index in [0.717, 1.165) is 24.8 Å². The van der Waals surface area contributed by atoms with E-state index in [4.69, 9.17) is 9.47 Å². The van der Waals surface area contributed by atoms with Gasteiger partial charge < -0.3 is 30.3 Å². The van der Waals surface area contributed by atoms with Crippen molar-refractivity contribution in [3.63, 3.8) is 0 Å². The maximum absolute atomic E-state index is 13.6. The molecule has 9 heteroatoms. The Balaban J connectivity index is 1.73. The van der Waals surface area contributed by atoms with E-state index in [9.17, 15) is 18.6 Å². The Bertz CT molecular complexity index is 1080. The lowest BCUT2D eigenvalue weighted by Gasteiger charge is -2.24. The summed E-state index contributed by atoms with van der Waals surface area (Å²) in [6.45, 7) is 2.14. The van der Waals surface area contributed by atoms with Gasteiger partial charge in [-0.25, -0.2) is 8.42 Å². The van der Waals surface area contributed by atoms with Crippen LogP contribution in [-0.2, 0) is 21.1 Å². The molecule has 4 N–H and O–H groups in total. The largest absolute Gasteiger partial charge is 0.496 e. The van der Waals surface area contributed by atoms with Crippen LogP contribution in [0.25, 0.3) is 0 Å². The molecular weight excluding hydrogens is 456 g/mol. The number of sulfone groups is 1. The number of unbranched alkanes of at least 4 members (excludes halogenated alkanes) is 1. The van der Waals surface area contributed by atoms with Gasteiger partial charge in [-0.05, 0) is 29.7 Å². The van der Waals surface area contributed by atoms with Crippen LogP contribution in [0, 0.1) is 0 Å². The molecule has 5 unspecified atom stereocenters. The zero-order valence-corrected chi connectivity index (χ0v) is 20.4. The van der Waals surface area contributed by atoms with E-state index in [2.05, 4.69) is 17.6 Å². The molecule has 2 aliphatic heterocycles. The van der Waals surface area contributed by atoms with E-state index in [1.54, 1.807) is 13.2 Å². The van der Waals surface area contributed by atoms with Gasteiger partial charge in [-0.15, -0.1) is 0 Å². The Kier molecular flexibility index (Phi) is 7.91. The van der Waals surface area contributed by atoms with Crippen molar-refractivity contribution < 1.29 is 28.1 Å². The number of rotatable bonds is 10. The van der Waals surface area contributed by atoms with Crippen LogP contribution in [0.1, 0.15) is 48.9 Å². The average Bonchev–Trinajstić information content (AvgIpc) is 3.58. The van der Waals surface area contributed by atoms with Crippen molar-refractivity contribution in [2.24, 2.45) is 0 Å². The molecule has 5 atom stereocenters. The zero-order valence-electron chi connectivity index (χ0n) is 19.6. The van der Waals surface area contributed by atoms with Crippen molar-refractivity contribution in [2.45, 2.75) is 68.1 Å². The lowest BCUT2D eigenvalue weighted by Crippen LogP contribution is -2.38. The standard InChI is InChI=1S/C25H34N2O6S/c1-3-4-10-18-15-34(30,31)22-11-17(13-26-20(14-28)24-25(29)33-24)21(32-2)12-19(22)23(27-18)16-8-6-5-7-9-16/h5-9,11-12,18,20,23-29H,3-4,10,13-15H2,1-2H3. The molecule has 2 aromatic carbocycles. The summed E-state index contributed by atoms with van der Waals surface area (Å²) in [7, 11) is -2.01. The Hall–Kier alpha value is -2.01. The minimum Gasteiger partial charge on any atom is -0.496 e. The Morgan fingerprint density at radius 3 is 2.62 bits per heavy atom. The van der Waals surface area contributed by atoms with Crippen molar-refractivity contribution in [1.29, 1.82) is 0 Å². The summed E-state index contributed by atoms with van der Waals surface area (Å²) in [4.78, 5) is 0.300. The number of methoxy groups -OCH3 is 1. The minimum atomic E-state index is -3.56. The van der Waals surface area contributed by atoms with Gasteiger partial charge in [-0.2, -0.15) is 0 Å². The van der Waals surface area contributed by atoms with Gasteiger partial charge in [0.2, 0.25) is 0 Å². The van der Waals surface area contributed by atoms with Crippen LogP contribution in [0.2, 0.25) is 0 Å². The second kappa shape index (κ2) is 10.7. The van der Waals surface area contributed by atoms with E-state index in [1.807, 2.05) is 36.4 Å². The highest BCUT2D eigenvalue weighted by molar-refractivity contribution is 7.91. The summed E-state index contributed by atoms with van der Waals surface area (Å²) < 4.78 is 37.8. The van der Waals surface area contributed by atoms with Crippen LogP contribution in [-0.4, -0.2) is 62.6 Å². The van der Waals surface area contributed by atoms with Crippen LogP contribution in [0.5, 0.6) is 5.75 Å². The molecule has 8 nitrogen and oxygen atoms in total. The molecule has 0 spiro atoms. The summed E-state index contributed by atoms with van der Waals surface area (Å²) in [6.07, 6.45) is 1.35. The maximum Gasteiger partial charge on any atom is 0.183 e. The van der Waals surface area contributed by atoms with E-state index < -0.39 is 28.3 Å². The van der Waals surface area contributed by atoms with E-state index in [1.165, 1.54) is 0 Å². The summed E-state index contributed by atoms with van der Waals surface area (Å²) in [5.41, 5.74) is 2.33. The number of aliphatic hydroxyl groups excluding tert-OH is 2. The Morgan fingerprint density at radius 1 is 1.26 bits per heavy atom. The number of nitrogens with one attached hydrogen (secondary N) is 2. The van der Waals surface area contributed by atoms with Gasteiger partial charge in [-0.1, -0.05) is 50.1 Å².